The maximum atomic E-state index is 5.63. The molecule has 2 heterocycles. The average Bonchev–Trinajstić information content (AvgIpc) is 3.71. The van der Waals surface area contributed by atoms with Gasteiger partial charge in [-0.2, -0.15) is 0 Å². The van der Waals surface area contributed by atoms with Gasteiger partial charge in [0, 0.05) is 22.5 Å². The normalized spacial score (nSPS) is 11.5. The van der Waals surface area contributed by atoms with Gasteiger partial charge in [-0.1, -0.05) is 133 Å². The number of rotatable bonds is 5. The first-order valence-electron chi connectivity index (χ1n) is 15.5. The second-order valence-electron chi connectivity index (χ2n) is 11.4. The number of fused-ring (bicyclic) bond motifs is 3. The van der Waals surface area contributed by atoms with E-state index in [1.807, 2.05) is 12.1 Å². The fraction of sp³-hybridized carbons (Fsp3) is 0. The SMILES string of the molecule is c1ccc(-c2c3ccccc3c(-c3ccccc3)c3c2nc(-c2nc4ccccc4n2-c2ccccc2)n3-c2ccccc2)cc1. The maximum absolute atomic E-state index is 5.63. The molecular formula is C42H28N4. The number of hydrogen-bond donors (Lipinski definition) is 0. The van der Waals surface area contributed by atoms with Crippen molar-refractivity contribution in [1.82, 2.24) is 19.1 Å². The summed E-state index contributed by atoms with van der Waals surface area (Å²) in [5, 5.41) is 2.35. The lowest BCUT2D eigenvalue weighted by molar-refractivity contribution is 1.02. The van der Waals surface area contributed by atoms with E-state index in [-0.39, 0.29) is 0 Å². The lowest BCUT2D eigenvalue weighted by Gasteiger charge is -2.17. The van der Waals surface area contributed by atoms with E-state index in [2.05, 4.69) is 167 Å². The summed E-state index contributed by atoms with van der Waals surface area (Å²) in [6, 6.07) is 59.4. The molecule has 7 aromatic carbocycles. The molecule has 46 heavy (non-hydrogen) atoms. The third kappa shape index (κ3) is 4.08. The molecule has 4 heteroatoms. The van der Waals surface area contributed by atoms with Crippen molar-refractivity contribution in [2.45, 2.75) is 0 Å². The average molecular weight is 589 g/mol. The van der Waals surface area contributed by atoms with Gasteiger partial charge in [-0.3, -0.25) is 9.13 Å². The van der Waals surface area contributed by atoms with Crippen LogP contribution in [0.4, 0.5) is 0 Å². The van der Waals surface area contributed by atoms with Crippen molar-refractivity contribution in [1.29, 1.82) is 0 Å². The van der Waals surface area contributed by atoms with Gasteiger partial charge in [0.05, 0.1) is 22.1 Å². The third-order valence-electron chi connectivity index (χ3n) is 8.73. The summed E-state index contributed by atoms with van der Waals surface area (Å²) in [4.78, 5) is 10.9. The Morgan fingerprint density at radius 1 is 0.370 bits per heavy atom. The highest BCUT2D eigenvalue weighted by atomic mass is 15.2. The summed E-state index contributed by atoms with van der Waals surface area (Å²) in [6.07, 6.45) is 0. The second kappa shape index (κ2) is 10.7. The summed E-state index contributed by atoms with van der Waals surface area (Å²) >= 11 is 0. The van der Waals surface area contributed by atoms with Gasteiger partial charge < -0.3 is 0 Å². The van der Waals surface area contributed by atoms with Crippen molar-refractivity contribution in [3.05, 3.63) is 170 Å². The lowest BCUT2D eigenvalue weighted by Crippen LogP contribution is -2.04. The van der Waals surface area contributed by atoms with Crippen molar-refractivity contribution in [2.75, 3.05) is 0 Å². The van der Waals surface area contributed by atoms with Crippen LogP contribution in [-0.4, -0.2) is 19.1 Å². The highest BCUT2D eigenvalue weighted by molar-refractivity contribution is 6.20. The zero-order chi connectivity index (χ0) is 30.5. The highest BCUT2D eigenvalue weighted by Gasteiger charge is 2.27. The highest BCUT2D eigenvalue weighted by Crippen LogP contribution is 2.46. The van der Waals surface area contributed by atoms with Crippen LogP contribution >= 0.6 is 0 Å². The molecule has 4 nitrogen and oxygen atoms in total. The van der Waals surface area contributed by atoms with Crippen LogP contribution in [0.3, 0.4) is 0 Å². The Labute approximate surface area is 266 Å². The molecule has 0 saturated carbocycles. The molecule has 0 atom stereocenters. The number of imidazole rings is 2. The molecule has 0 aliphatic carbocycles. The van der Waals surface area contributed by atoms with Crippen LogP contribution in [0.1, 0.15) is 0 Å². The minimum atomic E-state index is 0.783. The Balaban J connectivity index is 1.53. The fourth-order valence-electron chi connectivity index (χ4n) is 6.79. The van der Waals surface area contributed by atoms with Crippen molar-refractivity contribution >= 4 is 32.8 Å². The van der Waals surface area contributed by atoms with Gasteiger partial charge in [0.1, 0.15) is 0 Å². The van der Waals surface area contributed by atoms with Crippen LogP contribution < -0.4 is 0 Å². The summed E-state index contributed by atoms with van der Waals surface area (Å²) in [5.74, 6) is 1.57. The molecule has 0 unspecified atom stereocenters. The minimum absolute atomic E-state index is 0.783. The first-order valence-corrected chi connectivity index (χ1v) is 15.5. The van der Waals surface area contributed by atoms with E-state index < -0.39 is 0 Å². The fourth-order valence-corrected chi connectivity index (χ4v) is 6.79. The van der Waals surface area contributed by atoms with Gasteiger partial charge in [0.2, 0.25) is 0 Å². The topological polar surface area (TPSA) is 35.6 Å². The Morgan fingerprint density at radius 2 is 0.826 bits per heavy atom. The molecule has 0 bridgehead atoms. The molecule has 0 N–H and O–H groups in total. The zero-order valence-electron chi connectivity index (χ0n) is 25.0. The molecule has 0 radical (unpaired) electrons. The van der Waals surface area contributed by atoms with Gasteiger partial charge in [-0.25, -0.2) is 9.97 Å². The Morgan fingerprint density at radius 3 is 1.46 bits per heavy atom. The van der Waals surface area contributed by atoms with Crippen LogP contribution in [0.15, 0.2) is 170 Å². The Kier molecular flexibility index (Phi) is 6.10. The predicted octanol–water partition coefficient (Wildman–Crippen LogP) is 10.5. The van der Waals surface area contributed by atoms with E-state index >= 15 is 0 Å². The van der Waals surface area contributed by atoms with Gasteiger partial charge in [-0.05, 0) is 58.3 Å². The van der Waals surface area contributed by atoms with Crippen molar-refractivity contribution in [3.8, 4) is 45.3 Å². The quantitative estimate of drug-likeness (QED) is 0.200. The van der Waals surface area contributed by atoms with Crippen LogP contribution in [0.2, 0.25) is 0 Å². The standard InChI is InChI=1S/C42H28N4/c1-5-17-29(18-6-1)37-33-25-13-14-26-34(33)38(30-19-7-2-8-20-30)40-39(37)44-42(46(40)32-23-11-4-12-24-32)41-43-35-27-15-16-28-36(35)45(41)31-21-9-3-10-22-31/h1-28H. The summed E-state index contributed by atoms with van der Waals surface area (Å²) in [7, 11) is 0. The summed E-state index contributed by atoms with van der Waals surface area (Å²) < 4.78 is 4.55. The van der Waals surface area contributed by atoms with Crippen LogP contribution in [-0.2, 0) is 0 Å². The molecule has 0 fully saturated rings. The van der Waals surface area contributed by atoms with E-state index in [1.54, 1.807) is 0 Å². The number of hydrogen-bond acceptors (Lipinski definition) is 2. The number of nitrogens with zero attached hydrogens (tertiary/aromatic N) is 4. The number of benzene rings is 7. The van der Waals surface area contributed by atoms with E-state index in [0.29, 0.717) is 0 Å². The molecule has 0 saturated heterocycles. The van der Waals surface area contributed by atoms with Crippen LogP contribution in [0.25, 0.3) is 78.1 Å². The van der Waals surface area contributed by atoms with Crippen LogP contribution in [0, 0.1) is 0 Å². The van der Waals surface area contributed by atoms with Gasteiger partial charge >= 0.3 is 0 Å². The summed E-state index contributed by atoms with van der Waals surface area (Å²) in [6.45, 7) is 0. The largest absolute Gasteiger partial charge is 0.290 e. The first-order chi connectivity index (χ1) is 22.9. The van der Waals surface area contributed by atoms with E-state index in [0.717, 1.165) is 67.3 Å². The smallest absolute Gasteiger partial charge is 0.182 e. The van der Waals surface area contributed by atoms with Crippen molar-refractivity contribution in [3.63, 3.8) is 0 Å². The number of para-hydroxylation sites is 4. The molecule has 9 aromatic rings. The maximum Gasteiger partial charge on any atom is 0.182 e. The van der Waals surface area contributed by atoms with Crippen molar-refractivity contribution < 1.29 is 0 Å². The van der Waals surface area contributed by atoms with E-state index in [9.17, 15) is 0 Å². The lowest BCUT2D eigenvalue weighted by atomic mass is 9.90. The number of aromatic nitrogens is 4. The molecule has 2 aromatic heterocycles. The Hall–Kier alpha value is -6.26. The molecule has 0 aliphatic rings. The third-order valence-corrected chi connectivity index (χ3v) is 8.73. The van der Waals surface area contributed by atoms with E-state index in [1.165, 1.54) is 10.8 Å². The monoisotopic (exact) mass is 588 g/mol. The molecular weight excluding hydrogens is 560 g/mol. The first kappa shape index (κ1) is 26.2. The van der Waals surface area contributed by atoms with Gasteiger partial charge in [-0.15, -0.1) is 0 Å². The molecule has 216 valence electrons. The zero-order valence-corrected chi connectivity index (χ0v) is 25.0. The van der Waals surface area contributed by atoms with Crippen LogP contribution in [0.5, 0.6) is 0 Å². The summed E-state index contributed by atoms with van der Waals surface area (Å²) in [5.41, 5.74) is 10.5. The predicted molar refractivity (Wildman–Crippen MR) is 190 cm³/mol. The van der Waals surface area contributed by atoms with Gasteiger partial charge in [0.15, 0.2) is 11.6 Å². The van der Waals surface area contributed by atoms with Gasteiger partial charge in [0.25, 0.3) is 0 Å². The molecule has 0 aliphatic heterocycles. The molecule has 0 amide bonds. The second-order valence-corrected chi connectivity index (χ2v) is 11.4. The van der Waals surface area contributed by atoms with Crippen molar-refractivity contribution in [2.24, 2.45) is 0 Å². The molecule has 0 spiro atoms. The minimum Gasteiger partial charge on any atom is -0.290 e. The van der Waals surface area contributed by atoms with E-state index in [4.69, 9.17) is 9.97 Å². The Bertz CT molecular complexity index is 2500. The molecule has 9 rings (SSSR count).